The molecule has 2 aromatic rings. The van der Waals surface area contributed by atoms with Crippen LogP contribution in [0.5, 0.6) is 0 Å². The minimum absolute atomic E-state index is 0.00258. The highest BCUT2D eigenvalue weighted by molar-refractivity contribution is 6.30. The van der Waals surface area contributed by atoms with E-state index in [1.54, 1.807) is 0 Å². The van der Waals surface area contributed by atoms with Gasteiger partial charge in [-0.2, -0.15) is 0 Å². The van der Waals surface area contributed by atoms with E-state index in [9.17, 15) is 9.59 Å². The second kappa shape index (κ2) is 8.82. The number of hydrogen-bond donors (Lipinski definition) is 0. The maximum atomic E-state index is 13.4. The number of hydrogen-bond acceptors (Lipinski definition) is 3. The third-order valence-corrected chi connectivity index (χ3v) is 6.38. The highest BCUT2D eigenvalue weighted by Gasteiger charge is 2.33. The van der Waals surface area contributed by atoms with Crippen LogP contribution in [0.4, 0.5) is 0 Å². The lowest BCUT2D eigenvalue weighted by Crippen LogP contribution is -2.49. The summed E-state index contributed by atoms with van der Waals surface area (Å²) in [5.41, 5.74) is 3.58. The largest absolute Gasteiger partial charge is 0.378 e. The number of rotatable bonds is 3. The molecule has 0 N–H and O–H groups in total. The molecule has 0 spiro atoms. The molecule has 2 amide bonds. The summed E-state index contributed by atoms with van der Waals surface area (Å²) in [6.45, 7) is 7.62. The molecule has 0 unspecified atom stereocenters. The Kier molecular flexibility index (Phi) is 6.16. The van der Waals surface area contributed by atoms with Crippen molar-refractivity contribution in [2.24, 2.45) is 5.92 Å². The van der Waals surface area contributed by atoms with Gasteiger partial charge < -0.3 is 19.1 Å². The fourth-order valence-corrected chi connectivity index (χ4v) is 4.67. The van der Waals surface area contributed by atoms with Crippen molar-refractivity contribution in [2.45, 2.75) is 26.7 Å². The second-order valence-electron chi connectivity index (χ2n) is 8.12. The van der Waals surface area contributed by atoms with Gasteiger partial charge in [0.1, 0.15) is 0 Å². The fraction of sp³-hybridized carbons (Fsp3) is 0.478. The molecule has 7 heteroatoms. The highest BCUT2D eigenvalue weighted by Crippen LogP contribution is 2.26. The van der Waals surface area contributed by atoms with Crippen LogP contribution in [-0.4, -0.2) is 65.6 Å². The zero-order valence-corrected chi connectivity index (χ0v) is 18.3. The van der Waals surface area contributed by atoms with Gasteiger partial charge in [0.15, 0.2) is 0 Å². The first kappa shape index (κ1) is 20.9. The topological polar surface area (TPSA) is 54.8 Å². The third-order valence-electron chi connectivity index (χ3n) is 6.13. The molecule has 160 valence electrons. The third kappa shape index (κ3) is 4.12. The number of benzene rings is 1. The number of ether oxygens (including phenoxy) is 1. The maximum Gasteiger partial charge on any atom is 0.255 e. The lowest BCUT2D eigenvalue weighted by molar-refractivity contribution is -0.141. The molecule has 0 bridgehead atoms. The Labute approximate surface area is 182 Å². The molecule has 4 rings (SSSR count). The molecule has 2 aliphatic heterocycles. The van der Waals surface area contributed by atoms with Gasteiger partial charge in [0.25, 0.3) is 5.91 Å². The van der Waals surface area contributed by atoms with Crippen molar-refractivity contribution in [3.05, 3.63) is 52.3 Å². The standard InChI is InChI=1S/C23H28ClN3O3/c1-16-14-21(17(2)27(16)20-7-5-19(24)6-8-20)23(29)26-9-3-4-18(15-26)22(28)25-10-12-30-13-11-25/h5-8,14,18H,3-4,9-13,15H2,1-2H3/t18-/m0/s1. The summed E-state index contributed by atoms with van der Waals surface area (Å²) in [5.74, 6) is 0.0331. The van der Waals surface area contributed by atoms with Crippen molar-refractivity contribution in [2.75, 3.05) is 39.4 Å². The molecule has 3 heterocycles. The second-order valence-corrected chi connectivity index (χ2v) is 8.56. The van der Waals surface area contributed by atoms with Gasteiger partial charge in [-0.15, -0.1) is 0 Å². The zero-order valence-electron chi connectivity index (χ0n) is 17.6. The monoisotopic (exact) mass is 429 g/mol. The molecule has 6 nitrogen and oxygen atoms in total. The molecule has 2 fully saturated rings. The van der Waals surface area contributed by atoms with E-state index in [1.165, 1.54) is 0 Å². The number of likely N-dealkylation sites (tertiary alicyclic amines) is 1. The van der Waals surface area contributed by atoms with Crippen molar-refractivity contribution in [3.63, 3.8) is 0 Å². The number of aromatic nitrogens is 1. The zero-order chi connectivity index (χ0) is 21.3. The van der Waals surface area contributed by atoms with Crippen molar-refractivity contribution >= 4 is 23.4 Å². The Morgan fingerprint density at radius 3 is 2.43 bits per heavy atom. The number of carbonyl (C=O) groups excluding carboxylic acids is 2. The summed E-state index contributed by atoms with van der Waals surface area (Å²) >= 11 is 6.02. The van der Waals surface area contributed by atoms with E-state index < -0.39 is 0 Å². The fourth-order valence-electron chi connectivity index (χ4n) is 4.54. The van der Waals surface area contributed by atoms with Gasteiger partial charge in [-0.1, -0.05) is 11.6 Å². The summed E-state index contributed by atoms with van der Waals surface area (Å²) < 4.78 is 7.43. The van der Waals surface area contributed by atoms with Gasteiger partial charge in [-0.3, -0.25) is 9.59 Å². The van der Waals surface area contributed by atoms with E-state index in [2.05, 4.69) is 4.57 Å². The van der Waals surface area contributed by atoms with Gasteiger partial charge in [0.2, 0.25) is 5.91 Å². The lowest BCUT2D eigenvalue weighted by atomic mass is 9.95. The van der Waals surface area contributed by atoms with Gasteiger partial charge in [0, 0.05) is 48.3 Å². The van der Waals surface area contributed by atoms with Crippen LogP contribution in [0.2, 0.25) is 5.02 Å². The Bertz CT molecular complexity index is 932. The van der Waals surface area contributed by atoms with Crippen LogP contribution in [0.25, 0.3) is 5.69 Å². The predicted molar refractivity (Wildman–Crippen MR) is 116 cm³/mol. The number of morpholine rings is 1. The van der Waals surface area contributed by atoms with Crippen LogP contribution >= 0.6 is 11.6 Å². The Balaban J connectivity index is 1.52. The predicted octanol–water partition coefficient (Wildman–Crippen LogP) is 3.46. The molecule has 0 radical (unpaired) electrons. The van der Waals surface area contributed by atoms with Crippen LogP contribution in [0.1, 0.15) is 34.6 Å². The van der Waals surface area contributed by atoms with Crippen molar-refractivity contribution in [1.82, 2.24) is 14.4 Å². The lowest BCUT2D eigenvalue weighted by Gasteiger charge is -2.36. The molecule has 30 heavy (non-hydrogen) atoms. The van der Waals surface area contributed by atoms with Crippen LogP contribution < -0.4 is 0 Å². The Morgan fingerprint density at radius 2 is 1.73 bits per heavy atom. The van der Waals surface area contributed by atoms with E-state index in [-0.39, 0.29) is 17.7 Å². The summed E-state index contributed by atoms with van der Waals surface area (Å²) in [6.07, 6.45) is 1.69. The van der Waals surface area contributed by atoms with Crippen molar-refractivity contribution in [1.29, 1.82) is 0 Å². The number of halogens is 1. The molecular weight excluding hydrogens is 402 g/mol. The number of aryl methyl sites for hydroxylation is 1. The number of carbonyl (C=O) groups is 2. The Morgan fingerprint density at radius 1 is 1.03 bits per heavy atom. The van der Waals surface area contributed by atoms with E-state index in [0.717, 1.165) is 29.9 Å². The summed E-state index contributed by atoms with van der Waals surface area (Å²) in [7, 11) is 0. The molecule has 2 aliphatic rings. The van der Waals surface area contributed by atoms with Crippen molar-refractivity contribution < 1.29 is 14.3 Å². The SMILES string of the molecule is Cc1cc(C(=O)N2CCC[C@H](C(=O)N3CCOCC3)C2)c(C)n1-c1ccc(Cl)cc1. The average molecular weight is 430 g/mol. The molecular formula is C23H28ClN3O3. The van der Waals surface area contributed by atoms with Gasteiger partial charge >= 0.3 is 0 Å². The average Bonchev–Trinajstić information content (AvgIpc) is 3.08. The number of amides is 2. The minimum atomic E-state index is -0.124. The molecule has 1 aromatic carbocycles. The quantitative estimate of drug-likeness (QED) is 0.750. The smallest absolute Gasteiger partial charge is 0.255 e. The van der Waals surface area contributed by atoms with E-state index in [4.69, 9.17) is 16.3 Å². The van der Waals surface area contributed by atoms with Gasteiger partial charge in [-0.05, 0) is 57.0 Å². The summed E-state index contributed by atoms with van der Waals surface area (Å²) in [5, 5.41) is 0.682. The normalized spacial score (nSPS) is 19.8. The van der Waals surface area contributed by atoms with E-state index in [1.807, 2.05) is 54.0 Å². The first-order valence-corrected chi connectivity index (χ1v) is 10.9. The first-order chi connectivity index (χ1) is 14.5. The van der Waals surface area contributed by atoms with E-state index in [0.29, 0.717) is 50.0 Å². The number of nitrogens with zero attached hydrogens (tertiary/aromatic N) is 3. The molecule has 1 aromatic heterocycles. The summed E-state index contributed by atoms with van der Waals surface area (Å²) in [6, 6.07) is 9.55. The molecule has 0 aliphatic carbocycles. The van der Waals surface area contributed by atoms with Crippen LogP contribution in [0.15, 0.2) is 30.3 Å². The number of piperidine rings is 1. The van der Waals surface area contributed by atoms with E-state index >= 15 is 0 Å². The van der Waals surface area contributed by atoms with Gasteiger partial charge in [0.05, 0.1) is 24.7 Å². The molecule has 1 atom stereocenters. The molecule has 0 saturated carbocycles. The summed E-state index contributed by atoms with van der Waals surface area (Å²) in [4.78, 5) is 30.0. The highest BCUT2D eigenvalue weighted by atomic mass is 35.5. The van der Waals surface area contributed by atoms with Crippen LogP contribution in [0, 0.1) is 19.8 Å². The van der Waals surface area contributed by atoms with Crippen LogP contribution in [-0.2, 0) is 9.53 Å². The van der Waals surface area contributed by atoms with Crippen LogP contribution in [0.3, 0.4) is 0 Å². The maximum absolute atomic E-state index is 13.4. The van der Waals surface area contributed by atoms with Gasteiger partial charge in [-0.25, -0.2) is 0 Å². The Hall–Kier alpha value is -2.31. The minimum Gasteiger partial charge on any atom is -0.378 e. The molecule has 2 saturated heterocycles. The van der Waals surface area contributed by atoms with Crippen molar-refractivity contribution in [3.8, 4) is 5.69 Å². The first-order valence-electron chi connectivity index (χ1n) is 10.6.